The molecule has 6 nitrogen and oxygen atoms in total. The van der Waals surface area contributed by atoms with E-state index in [4.69, 9.17) is 0 Å². The molecule has 0 unspecified atom stereocenters. The zero-order chi connectivity index (χ0) is 16.9. The Balaban J connectivity index is 1.78. The summed E-state index contributed by atoms with van der Waals surface area (Å²) in [5, 5.41) is 28.1. The van der Waals surface area contributed by atoms with Gasteiger partial charge in [-0.15, -0.1) is 11.3 Å². The van der Waals surface area contributed by atoms with Crippen LogP contribution in [0.5, 0.6) is 5.75 Å². The number of phenols is 1. The Kier molecular flexibility index (Phi) is 4.93. The van der Waals surface area contributed by atoms with E-state index in [1.54, 1.807) is 46.4 Å². The summed E-state index contributed by atoms with van der Waals surface area (Å²) in [6.07, 6.45) is 0.0608. The molecule has 1 amide bonds. The number of aromatic nitrogens is 2. The highest BCUT2D eigenvalue weighted by atomic mass is 32.1. The maximum atomic E-state index is 12.3. The summed E-state index contributed by atoms with van der Waals surface area (Å²) < 4.78 is 1.57. The van der Waals surface area contributed by atoms with Crippen LogP contribution in [0.15, 0.2) is 47.8 Å². The summed E-state index contributed by atoms with van der Waals surface area (Å²) in [5.74, 6) is 0.358. The lowest BCUT2D eigenvalue weighted by Gasteiger charge is -2.08. The van der Waals surface area contributed by atoms with Gasteiger partial charge in [0.1, 0.15) is 17.3 Å². The van der Waals surface area contributed by atoms with Crippen molar-refractivity contribution in [2.24, 2.45) is 0 Å². The van der Waals surface area contributed by atoms with Crippen LogP contribution in [0.4, 0.5) is 5.82 Å². The average Bonchev–Trinajstić information content (AvgIpc) is 3.20. The zero-order valence-electron chi connectivity index (χ0n) is 12.8. The fourth-order valence-corrected chi connectivity index (χ4v) is 3.03. The first-order valence-electron chi connectivity index (χ1n) is 7.46. The predicted molar refractivity (Wildman–Crippen MR) is 93.1 cm³/mol. The topological polar surface area (TPSA) is 87.4 Å². The van der Waals surface area contributed by atoms with E-state index in [2.05, 4.69) is 10.4 Å². The summed E-state index contributed by atoms with van der Waals surface area (Å²) in [7, 11) is 0. The molecule has 124 valence electrons. The molecule has 0 bridgehead atoms. The second-order valence-corrected chi connectivity index (χ2v) is 6.14. The largest absolute Gasteiger partial charge is 0.508 e. The number of carbonyl (C=O) groups is 1. The van der Waals surface area contributed by atoms with E-state index in [9.17, 15) is 15.0 Å². The standard InChI is InChI=1S/C17H17N3O3S/c21-8-7-20-16(11-13(19-20)15-6-3-9-24-15)18-17(23)10-12-4-1-2-5-14(12)22/h1-6,9,11,21-22H,7-8,10H2,(H,18,23). The van der Waals surface area contributed by atoms with Crippen LogP contribution in [0.2, 0.25) is 0 Å². The van der Waals surface area contributed by atoms with Gasteiger partial charge in [0.05, 0.1) is 24.4 Å². The van der Waals surface area contributed by atoms with E-state index in [1.807, 2.05) is 17.5 Å². The monoisotopic (exact) mass is 343 g/mol. The van der Waals surface area contributed by atoms with Crippen LogP contribution < -0.4 is 5.32 Å². The number of para-hydroxylation sites is 1. The molecule has 0 atom stereocenters. The van der Waals surface area contributed by atoms with Gasteiger partial charge in [0.2, 0.25) is 5.91 Å². The van der Waals surface area contributed by atoms with Crippen LogP contribution in [0, 0.1) is 0 Å². The van der Waals surface area contributed by atoms with Crippen LogP contribution in [-0.2, 0) is 17.8 Å². The lowest BCUT2D eigenvalue weighted by Crippen LogP contribution is -2.18. The van der Waals surface area contributed by atoms with Gasteiger partial charge in [-0.1, -0.05) is 24.3 Å². The SMILES string of the molecule is O=C(Cc1ccccc1O)Nc1cc(-c2cccs2)nn1CCO. The molecule has 0 saturated heterocycles. The predicted octanol–water partition coefficient (Wildman–Crippen LogP) is 2.49. The maximum absolute atomic E-state index is 12.3. The van der Waals surface area contributed by atoms with Crippen LogP contribution in [0.1, 0.15) is 5.56 Å². The Morgan fingerprint density at radius 1 is 1.25 bits per heavy atom. The van der Waals surface area contributed by atoms with Crippen LogP contribution in [0.25, 0.3) is 10.6 Å². The Bertz CT molecular complexity index is 827. The van der Waals surface area contributed by atoms with Crippen LogP contribution in [0.3, 0.4) is 0 Å². The highest BCUT2D eigenvalue weighted by Crippen LogP contribution is 2.26. The summed E-state index contributed by atoms with van der Waals surface area (Å²) in [4.78, 5) is 13.3. The molecule has 2 aromatic heterocycles. The molecule has 3 rings (SSSR count). The third kappa shape index (κ3) is 3.64. The summed E-state index contributed by atoms with van der Waals surface area (Å²) >= 11 is 1.56. The first-order valence-corrected chi connectivity index (χ1v) is 8.34. The third-order valence-electron chi connectivity index (χ3n) is 3.48. The molecule has 0 aliphatic heterocycles. The minimum absolute atomic E-state index is 0.0608. The van der Waals surface area contributed by atoms with Gasteiger partial charge in [0.15, 0.2) is 0 Å². The molecular formula is C17H17N3O3S. The number of aliphatic hydroxyl groups is 1. The normalized spacial score (nSPS) is 10.7. The van der Waals surface area contributed by atoms with Gasteiger partial charge in [-0.05, 0) is 17.5 Å². The van der Waals surface area contributed by atoms with E-state index in [0.717, 1.165) is 10.6 Å². The number of aliphatic hydroxyl groups excluding tert-OH is 1. The van der Waals surface area contributed by atoms with Crippen molar-refractivity contribution in [3.63, 3.8) is 0 Å². The first-order chi connectivity index (χ1) is 11.7. The highest BCUT2D eigenvalue weighted by Gasteiger charge is 2.14. The molecular weight excluding hydrogens is 326 g/mol. The fourth-order valence-electron chi connectivity index (χ4n) is 2.35. The summed E-state index contributed by atoms with van der Waals surface area (Å²) in [6.45, 7) is 0.214. The molecule has 0 aliphatic carbocycles. The number of phenolic OH excluding ortho intramolecular Hbond substituents is 1. The molecule has 7 heteroatoms. The number of anilines is 1. The quantitative estimate of drug-likeness (QED) is 0.642. The lowest BCUT2D eigenvalue weighted by atomic mass is 10.1. The van der Waals surface area contributed by atoms with Crippen molar-refractivity contribution in [1.82, 2.24) is 9.78 Å². The second kappa shape index (κ2) is 7.29. The van der Waals surface area contributed by atoms with Crippen molar-refractivity contribution in [3.8, 4) is 16.3 Å². The van der Waals surface area contributed by atoms with Gasteiger partial charge < -0.3 is 15.5 Å². The van der Waals surface area contributed by atoms with Crippen LogP contribution in [-0.4, -0.2) is 32.5 Å². The molecule has 2 heterocycles. The zero-order valence-corrected chi connectivity index (χ0v) is 13.7. The van der Waals surface area contributed by atoms with Crippen molar-refractivity contribution in [1.29, 1.82) is 0 Å². The molecule has 1 aromatic carbocycles. The number of amides is 1. The number of thiophene rings is 1. The first kappa shape index (κ1) is 16.2. The molecule has 0 radical (unpaired) electrons. The summed E-state index contributed by atoms with van der Waals surface area (Å²) in [5.41, 5.74) is 1.30. The molecule has 24 heavy (non-hydrogen) atoms. The Morgan fingerprint density at radius 2 is 2.08 bits per heavy atom. The van der Waals surface area contributed by atoms with Crippen molar-refractivity contribution in [2.75, 3.05) is 11.9 Å². The number of benzene rings is 1. The van der Waals surface area contributed by atoms with E-state index < -0.39 is 0 Å². The van der Waals surface area contributed by atoms with Crippen molar-refractivity contribution in [3.05, 3.63) is 53.4 Å². The fraction of sp³-hybridized carbons (Fsp3) is 0.176. The molecule has 0 saturated carbocycles. The van der Waals surface area contributed by atoms with Gasteiger partial charge in [-0.25, -0.2) is 4.68 Å². The van der Waals surface area contributed by atoms with Crippen LogP contribution >= 0.6 is 11.3 Å². The Labute approximate surface area is 143 Å². The molecule has 0 aliphatic rings. The van der Waals surface area contributed by atoms with E-state index >= 15 is 0 Å². The van der Waals surface area contributed by atoms with Gasteiger partial charge in [0, 0.05) is 11.6 Å². The third-order valence-corrected chi connectivity index (χ3v) is 4.37. The lowest BCUT2D eigenvalue weighted by molar-refractivity contribution is -0.115. The maximum Gasteiger partial charge on any atom is 0.230 e. The Morgan fingerprint density at radius 3 is 2.79 bits per heavy atom. The number of nitrogens with zero attached hydrogens (tertiary/aromatic N) is 2. The average molecular weight is 343 g/mol. The van der Waals surface area contributed by atoms with Gasteiger partial charge >= 0.3 is 0 Å². The van der Waals surface area contributed by atoms with Gasteiger partial charge in [0.25, 0.3) is 0 Å². The van der Waals surface area contributed by atoms with Crippen molar-refractivity contribution in [2.45, 2.75) is 13.0 Å². The molecule has 3 aromatic rings. The Hall–Kier alpha value is -2.64. The van der Waals surface area contributed by atoms with E-state index in [-0.39, 0.29) is 31.2 Å². The minimum Gasteiger partial charge on any atom is -0.508 e. The second-order valence-electron chi connectivity index (χ2n) is 5.19. The number of hydrogen-bond acceptors (Lipinski definition) is 5. The van der Waals surface area contributed by atoms with Gasteiger partial charge in [-0.2, -0.15) is 5.10 Å². The number of rotatable bonds is 6. The molecule has 3 N–H and O–H groups in total. The minimum atomic E-state index is -0.256. The molecule has 0 fully saturated rings. The number of carbonyl (C=O) groups excluding carboxylic acids is 1. The molecule has 0 spiro atoms. The summed E-state index contributed by atoms with van der Waals surface area (Å²) in [6, 6.07) is 12.4. The number of aromatic hydroxyl groups is 1. The van der Waals surface area contributed by atoms with E-state index in [1.165, 1.54) is 0 Å². The van der Waals surface area contributed by atoms with E-state index in [0.29, 0.717) is 11.4 Å². The number of hydrogen-bond donors (Lipinski definition) is 3. The van der Waals surface area contributed by atoms with Gasteiger partial charge in [-0.3, -0.25) is 4.79 Å². The number of nitrogens with one attached hydrogen (secondary N) is 1. The van der Waals surface area contributed by atoms with Crippen molar-refractivity contribution < 1.29 is 15.0 Å². The highest BCUT2D eigenvalue weighted by molar-refractivity contribution is 7.13. The smallest absolute Gasteiger partial charge is 0.230 e. The van der Waals surface area contributed by atoms with Crippen molar-refractivity contribution >= 4 is 23.1 Å².